The molecule has 1 aromatic carbocycles. The number of aromatic nitrogens is 1. The van der Waals surface area contributed by atoms with Crippen LogP contribution in [0, 0.1) is 0 Å². The maximum Gasteiger partial charge on any atom is 0.220 e. The number of nitrogens with one attached hydrogen (secondary N) is 2. The van der Waals surface area contributed by atoms with Crippen LogP contribution in [-0.2, 0) is 16.8 Å². The van der Waals surface area contributed by atoms with E-state index in [1.54, 1.807) is 0 Å². The van der Waals surface area contributed by atoms with Crippen LogP contribution in [-0.4, -0.2) is 16.0 Å². The van der Waals surface area contributed by atoms with Crippen LogP contribution < -0.4 is 5.32 Å². The zero-order chi connectivity index (χ0) is 16.9. The lowest BCUT2D eigenvalue weighted by atomic mass is 9.86. The molecule has 4 nitrogen and oxygen atoms in total. The lowest BCUT2D eigenvalue weighted by Crippen LogP contribution is -2.23. The minimum Gasteiger partial charge on any atom is -0.388 e. The quantitative estimate of drug-likeness (QED) is 0.764. The third-order valence-electron chi connectivity index (χ3n) is 3.94. The Morgan fingerprint density at radius 1 is 1.22 bits per heavy atom. The Labute approximate surface area is 137 Å². The Kier molecular flexibility index (Phi) is 5.61. The summed E-state index contributed by atoms with van der Waals surface area (Å²) in [6.45, 7) is 6.97. The molecule has 0 spiro atoms. The van der Waals surface area contributed by atoms with Crippen LogP contribution in [0.25, 0.3) is 0 Å². The van der Waals surface area contributed by atoms with E-state index in [2.05, 4.69) is 31.1 Å². The SMILES string of the molecule is CC(C)(C)c1ccc([C@@H](O)CCC(=O)NCc2ccc[nH]2)cc1. The molecule has 124 valence electrons. The zero-order valence-corrected chi connectivity index (χ0v) is 14.1. The fourth-order valence-electron chi connectivity index (χ4n) is 2.40. The largest absolute Gasteiger partial charge is 0.388 e. The van der Waals surface area contributed by atoms with Crippen molar-refractivity contribution >= 4 is 5.91 Å². The molecule has 1 aromatic heterocycles. The van der Waals surface area contributed by atoms with Gasteiger partial charge in [0, 0.05) is 18.3 Å². The Hall–Kier alpha value is -2.07. The van der Waals surface area contributed by atoms with E-state index < -0.39 is 6.10 Å². The number of carbonyl (C=O) groups is 1. The number of aromatic amines is 1. The van der Waals surface area contributed by atoms with Crippen molar-refractivity contribution in [1.29, 1.82) is 0 Å². The Morgan fingerprint density at radius 3 is 2.48 bits per heavy atom. The van der Waals surface area contributed by atoms with Crippen LogP contribution in [0.4, 0.5) is 0 Å². The van der Waals surface area contributed by atoms with Gasteiger partial charge in [0.25, 0.3) is 0 Å². The fourth-order valence-corrected chi connectivity index (χ4v) is 2.40. The zero-order valence-electron chi connectivity index (χ0n) is 14.1. The fraction of sp³-hybridized carbons (Fsp3) is 0.421. The highest BCUT2D eigenvalue weighted by atomic mass is 16.3. The minimum absolute atomic E-state index is 0.0510. The molecule has 0 saturated heterocycles. The van der Waals surface area contributed by atoms with Crippen molar-refractivity contribution in [1.82, 2.24) is 10.3 Å². The van der Waals surface area contributed by atoms with E-state index >= 15 is 0 Å². The average Bonchev–Trinajstić information content (AvgIpc) is 3.03. The van der Waals surface area contributed by atoms with Gasteiger partial charge in [0.1, 0.15) is 0 Å². The number of hydrogen-bond donors (Lipinski definition) is 3. The van der Waals surface area contributed by atoms with Crippen LogP contribution >= 0.6 is 0 Å². The molecule has 0 unspecified atom stereocenters. The van der Waals surface area contributed by atoms with Crippen LogP contribution in [0.15, 0.2) is 42.6 Å². The molecular formula is C19H26N2O2. The van der Waals surface area contributed by atoms with Gasteiger partial charge in [0.15, 0.2) is 0 Å². The molecule has 2 rings (SSSR count). The van der Waals surface area contributed by atoms with E-state index in [4.69, 9.17) is 0 Å². The molecule has 2 aromatic rings. The molecule has 0 saturated carbocycles. The number of aliphatic hydroxyl groups is 1. The third-order valence-corrected chi connectivity index (χ3v) is 3.94. The van der Waals surface area contributed by atoms with Crippen LogP contribution in [0.5, 0.6) is 0 Å². The smallest absolute Gasteiger partial charge is 0.220 e. The molecule has 0 bridgehead atoms. The van der Waals surface area contributed by atoms with Gasteiger partial charge in [-0.3, -0.25) is 4.79 Å². The summed E-state index contributed by atoms with van der Waals surface area (Å²) in [6, 6.07) is 11.8. The lowest BCUT2D eigenvalue weighted by Gasteiger charge is -2.20. The van der Waals surface area contributed by atoms with Gasteiger partial charge >= 0.3 is 0 Å². The highest BCUT2D eigenvalue weighted by molar-refractivity contribution is 5.75. The highest BCUT2D eigenvalue weighted by Crippen LogP contribution is 2.25. The van der Waals surface area contributed by atoms with Crippen molar-refractivity contribution in [2.24, 2.45) is 0 Å². The maximum absolute atomic E-state index is 11.8. The molecule has 4 heteroatoms. The van der Waals surface area contributed by atoms with E-state index in [1.807, 2.05) is 42.6 Å². The van der Waals surface area contributed by atoms with Crippen LogP contribution in [0.1, 0.15) is 56.5 Å². The number of benzene rings is 1. The van der Waals surface area contributed by atoms with Crippen molar-refractivity contribution in [3.63, 3.8) is 0 Å². The van der Waals surface area contributed by atoms with Gasteiger partial charge in [-0.05, 0) is 35.1 Å². The number of rotatable bonds is 6. The summed E-state index contributed by atoms with van der Waals surface area (Å²) in [6.07, 6.45) is 1.95. The molecule has 0 aliphatic heterocycles. The lowest BCUT2D eigenvalue weighted by molar-refractivity contribution is -0.121. The number of amides is 1. The van der Waals surface area contributed by atoms with Gasteiger partial charge in [-0.2, -0.15) is 0 Å². The van der Waals surface area contributed by atoms with Crippen LogP contribution in [0.2, 0.25) is 0 Å². The molecule has 0 aliphatic carbocycles. The minimum atomic E-state index is -0.611. The van der Waals surface area contributed by atoms with Gasteiger partial charge in [-0.1, -0.05) is 45.0 Å². The van der Waals surface area contributed by atoms with Gasteiger partial charge in [-0.25, -0.2) is 0 Å². The topological polar surface area (TPSA) is 65.1 Å². The number of carbonyl (C=O) groups excluding carboxylic acids is 1. The van der Waals surface area contributed by atoms with Crippen LogP contribution in [0.3, 0.4) is 0 Å². The molecule has 3 N–H and O–H groups in total. The second-order valence-corrected chi connectivity index (χ2v) is 6.90. The highest BCUT2D eigenvalue weighted by Gasteiger charge is 2.15. The standard InChI is InChI=1S/C19H26N2O2/c1-19(2,3)15-8-6-14(7-9-15)17(22)10-11-18(23)21-13-16-5-4-12-20-16/h4-9,12,17,20,22H,10-11,13H2,1-3H3,(H,21,23)/t17-/m0/s1. The summed E-state index contributed by atoms with van der Waals surface area (Å²) in [7, 11) is 0. The first-order chi connectivity index (χ1) is 10.9. The molecule has 23 heavy (non-hydrogen) atoms. The van der Waals surface area contributed by atoms with E-state index in [9.17, 15) is 9.90 Å². The van der Waals surface area contributed by atoms with Gasteiger partial charge in [0.05, 0.1) is 12.6 Å². The number of H-pyrrole nitrogens is 1. The molecule has 1 atom stereocenters. The summed E-state index contributed by atoms with van der Waals surface area (Å²) in [5, 5.41) is 13.1. The van der Waals surface area contributed by atoms with Crippen molar-refractivity contribution in [2.75, 3.05) is 0 Å². The monoisotopic (exact) mass is 314 g/mol. The third kappa shape index (κ3) is 5.25. The normalized spacial score (nSPS) is 12.9. The van der Waals surface area contributed by atoms with E-state index in [0.717, 1.165) is 11.3 Å². The second-order valence-electron chi connectivity index (χ2n) is 6.90. The summed E-state index contributed by atoms with van der Waals surface area (Å²) in [5.41, 5.74) is 3.16. The van der Waals surface area contributed by atoms with Gasteiger partial charge in [-0.15, -0.1) is 0 Å². The summed E-state index contributed by atoms with van der Waals surface area (Å²) in [4.78, 5) is 14.9. The van der Waals surface area contributed by atoms with E-state index in [-0.39, 0.29) is 11.3 Å². The van der Waals surface area contributed by atoms with Crippen molar-refractivity contribution in [3.8, 4) is 0 Å². The Balaban J connectivity index is 1.79. The Bertz CT molecular complexity index is 610. The predicted octanol–water partition coefficient (Wildman–Crippen LogP) is 3.44. The van der Waals surface area contributed by atoms with E-state index in [0.29, 0.717) is 19.4 Å². The molecular weight excluding hydrogens is 288 g/mol. The first-order valence-electron chi connectivity index (χ1n) is 8.04. The first-order valence-corrected chi connectivity index (χ1v) is 8.04. The molecule has 1 heterocycles. The predicted molar refractivity (Wildman–Crippen MR) is 92.0 cm³/mol. The molecule has 0 aliphatic rings. The molecule has 0 fully saturated rings. The summed E-state index contributed by atoms with van der Waals surface area (Å²) in [5.74, 6) is -0.0510. The molecule has 0 radical (unpaired) electrons. The molecule has 1 amide bonds. The second kappa shape index (κ2) is 7.47. The Morgan fingerprint density at radius 2 is 1.91 bits per heavy atom. The first kappa shape index (κ1) is 17.3. The number of aliphatic hydroxyl groups excluding tert-OH is 1. The summed E-state index contributed by atoms with van der Waals surface area (Å²) >= 11 is 0. The van der Waals surface area contributed by atoms with E-state index in [1.165, 1.54) is 5.56 Å². The average molecular weight is 314 g/mol. The van der Waals surface area contributed by atoms with Gasteiger partial charge in [0.2, 0.25) is 5.91 Å². The summed E-state index contributed by atoms with van der Waals surface area (Å²) < 4.78 is 0. The number of hydrogen-bond acceptors (Lipinski definition) is 2. The maximum atomic E-state index is 11.8. The van der Waals surface area contributed by atoms with Crippen molar-refractivity contribution < 1.29 is 9.90 Å². The van der Waals surface area contributed by atoms with Crippen molar-refractivity contribution in [2.45, 2.75) is 51.7 Å². The van der Waals surface area contributed by atoms with Gasteiger partial charge < -0.3 is 15.4 Å². The van der Waals surface area contributed by atoms with Crippen molar-refractivity contribution in [3.05, 3.63) is 59.4 Å².